The molecule has 2 N–H and O–H groups in total. The molecular weight excluding hydrogens is 360 g/mol. The van der Waals surface area contributed by atoms with Gasteiger partial charge in [0.1, 0.15) is 11.6 Å². The fraction of sp³-hybridized carbons (Fsp3) is 0.375. The Morgan fingerprint density at radius 3 is 2.44 bits per heavy atom. The number of hydrogen-bond acceptors (Lipinski definition) is 4. The van der Waals surface area contributed by atoms with E-state index in [2.05, 4.69) is 20.6 Å². The van der Waals surface area contributed by atoms with E-state index in [1.807, 2.05) is 0 Å². The number of nitrogens with one attached hydrogen (secondary N) is 2. The number of benzene rings is 1. The molecule has 0 aliphatic heterocycles. The number of nitrogens with zero attached hydrogens (tertiary/aromatic N) is 2. The van der Waals surface area contributed by atoms with Crippen molar-refractivity contribution in [2.24, 2.45) is 0 Å². The molecule has 0 bridgehead atoms. The van der Waals surface area contributed by atoms with Crippen molar-refractivity contribution in [3.05, 3.63) is 40.8 Å². The molecule has 2 aromatic rings. The molecule has 0 spiro atoms. The summed E-state index contributed by atoms with van der Waals surface area (Å²) in [5, 5.41) is 5.67. The zero-order chi connectivity index (χ0) is 18.0. The second kappa shape index (κ2) is 7.03. The van der Waals surface area contributed by atoms with Crippen molar-refractivity contribution in [2.45, 2.75) is 37.9 Å². The lowest BCUT2D eigenvalue weighted by atomic mass is 10.2. The molecule has 0 unspecified atom stereocenters. The number of halogens is 5. The average molecular weight is 375 g/mol. The SMILES string of the molecule is Fc1ccc(Nc2cc(C(F)(F)F)nc(NC3CCCC3)n2)c(Cl)c1. The molecule has 0 radical (unpaired) electrons. The van der Waals surface area contributed by atoms with Crippen LogP contribution in [0.2, 0.25) is 5.02 Å². The zero-order valence-corrected chi connectivity index (χ0v) is 13.8. The van der Waals surface area contributed by atoms with E-state index >= 15 is 0 Å². The molecule has 0 saturated heterocycles. The summed E-state index contributed by atoms with van der Waals surface area (Å²) in [4.78, 5) is 7.65. The van der Waals surface area contributed by atoms with E-state index < -0.39 is 17.7 Å². The van der Waals surface area contributed by atoms with Crippen molar-refractivity contribution >= 4 is 29.1 Å². The van der Waals surface area contributed by atoms with Crippen LogP contribution < -0.4 is 10.6 Å². The van der Waals surface area contributed by atoms with Gasteiger partial charge in [0.05, 0.1) is 10.7 Å². The summed E-state index contributed by atoms with van der Waals surface area (Å²) in [5.74, 6) is -0.711. The molecule has 1 aromatic heterocycles. The largest absolute Gasteiger partial charge is 0.433 e. The van der Waals surface area contributed by atoms with Gasteiger partial charge >= 0.3 is 6.18 Å². The minimum absolute atomic E-state index is 0.0393. The molecule has 1 saturated carbocycles. The molecule has 1 heterocycles. The Labute approximate surface area is 146 Å². The number of anilines is 3. The van der Waals surface area contributed by atoms with Crippen LogP contribution in [0.25, 0.3) is 0 Å². The second-order valence-electron chi connectivity index (χ2n) is 5.83. The lowest BCUT2D eigenvalue weighted by molar-refractivity contribution is -0.141. The normalized spacial score (nSPS) is 15.4. The van der Waals surface area contributed by atoms with E-state index in [9.17, 15) is 17.6 Å². The minimum Gasteiger partial charge on any atom is -0.351 e. The molecule has 25 heavy (non-hydrogen) atoms. The molecule has 1 aliphatic rings. The maximum Gasteiger partial charge on any atom is 0.433 e. The van der Waals surface area contributed by atoms with Crippen molar-refractivity contribution in [3.8, 4) is 0 Å². The van der Waals surface area contributed by atoms with Crippen LogP contribution >= 0.6 is 11.6 Å². The topological polar surface area (TPSA) is 49.8 Å². The summed E-state index contributed by atoms with van der Waals surface area (Å²) >= 11 is 5.90. The van der Waals surface area contributed by atoms with Gasteiger partial charge in [0, 0.05) is 12.1 Å². The summed E-state index contributed by atoms with van der Waals surface area (Å²) in [6, 6.07) is 4.40. The summed E-state index contributed by atoms with van der Waals surface area (Å²) in [6.45, 7) is 0. The van der Waals surface area contributed by atoms with E-state index in [1.165, 1.54) is 6.07 Å². The number of alkyl halides is 3. The molecule has 1 aliphatic carbocycles. The number of aromatic nitrogens is 2. The average Bonchev–Trinajstić information content (AvgIpc) is 3.02. The predicted molar refractivity (Wildman–Crippen MR) is 87.6 cm³/mol. The zero-order valence-electron chi connectivity index (χ0n) is 13.0. The molecule has 1 fully saturated rings. The van der Waals surface area contributed by atoms with Crippen molar-refractivity contribution in [1.29, 1.82) is 0 Å². The summed E-state index contributed by atoms with van der Waals surface area (Å²) in [7, 11) is 0. The quantitative estimate of drug-likeness (QED) is 0.705. The van der Waals surface area contributed by atoms with Gasteiger partial charge in [-0.05, 0) is 31.0 Å². The smallest absolute Gasteiger partial charge is 0.351 e. The van der Waals surface area contributed by atoms with Crippen LogP contribution in [0, 0.1) is 5.82 Å². The van der Waals surface area contributed by atoms with E-state index in [0.717, 1.165) is 43.9 Å². The van der Waals surface area contributed by atoms with Crippen molar-refractivity contribution in [2.75, 3.05) is 10.6 Å². The van der Waals surface area contributed by atoms with Crippen LogP contribution in [0.1, 0.15) is 31.4 Å². The monoisotopic (exact) mass is 374 g/mol. The van der Waals surface area contributed by atoms with Gasteiger partial charge in [-0.3, -0.25) is 0 Å². The first-order chi connectivity index (χ1) is 11.8. The van der Waals surface area contributed by atoms with E-state index in [-0.39, 0.29) is 28.5 Å². The fourth-order valence-corrected chi connectivity index (χ4v) is 2.92. The van der Waals surface area contributed by atoms with Crippen LogP contribution in [-0.4, -0.2) is 16.0 Å². The Bertz CT molecular complexity index is 760. The maximum atomic E-state index is 13.1. The first-order valence-electron chi connectivity index (χ1n) is 7.76. The highest BCUT2D eigenvalue weighted by Gasteiger charge is 2.34. The third kappa shape index (κ3) is 4.50. The lowest BCUT2D eigenvalue weighted by Gasteiger charge is -2.16. The Kier molecular flexibility index (Phi) is 4.99. The molecule has 9 heteroatoms. The Morgan fingerprint density at radius 1 is 1.08 bits per heavy atom. The maximum absolute atomic E-state index is 13.1. The minimum atomic E-state index is -4.61. The van der Waals surface area contributed by atoms with Crippen LogP contribution in [0.4, 0.5) is 35.0 Å². The van der Waals surface area contributed by atoms with Gasteiger partial charge in [0.2, 0.25) is 5.95 Å². The first-order valence-corrected chi connectivity index (χ1v) is 8.14. The van der Waals surface area contributed by atoms with Crippen molar-refractivity contribution in [3.63, 3.8) is 0 Å². The second-order valence-corrected chi connectivity index (χ2v) is 6.24. The highest BCUT2D eigenvalue weighted by Crippen LogP contribution is 2.32. The number of hydrogen-bond donors (Lipinski definition) is 2. The van der Waals surface area contributed by atoms with Gasteiger partial charge in [0.15, 0.2) is 5.69 Å². The molecule has 0 amide bonds. The van der Waals surface area contributed by atoms with Crippen LogP contribution in [0.3, 0.4) is 0 Å². The van der Waals surface area contributed by atoms with Gasteiger partial charge in [-0.1, -0.05) is 24.4 Å². The third-order valence-corrected chi connectivity index (χ3v) is 4.21. The van der Waals surface area contributed by atoms with Gasteiger partial charge in [-0.25, -0.2) is 9.37 Å². The highest BCUT2D eigenvalue weighted by molar-refractivity contribution is 6.33. The Balaban J connectivity index is 1.90. The molecule has 1 aromatic carbocycles. The van der Waals surface area contributed by atoms with Crippen LogP contribution in [-0.2, 0) is 6.18 Å². The summed E-state index contributed by atoms with van der Waals surface area (Å²) in [5.41, 5.74) is -0.814. The third-order valence-electron chi connectivity index (χ3n) is 3.90. The molecular formula is C16H15ClF4N4. The highest BCUT2D eigenvalue weighted by atomic mass is 35.5. The van der Waals surface area contributed by atoms with E-state index in [0.29, 0.717) is 0 Å². The van der Waals surface area contributed by atoms with Crippen LogP contribution in [0.15, 0.2) is 24.3 Å². The standard InChI is InChI=1S/C16H15ClF4N4/c17-11-7-9(18)5-6-12(11)23-14-8-13(16(19,20)21)24-15(25-14)22-10-3-1-2-4-10/h5-8,10H,1-4H2,(H2,22,23,24,25). The lowest BCUT2D eigenvalue weighted by Crippen LogP contribution is -2.19. The number of rotatable bonds is 4. The van der Waals surface area contributed by atoms with Gasteiger partial charge in [-0.2, -0.15) is 18.2 Å². The van der Waals surface area contributed by atoms with Crippen LogP contribution in [0.5, 0.6) is 0 Å². The van der Waals surface area contributed by atoms with Crippen molar-refractivity contribution < 1.29 is 17.6 Å². The van der Waals surface area contributed by atoms with E-state index in [4.69, 9.17) is 11.6 Å². The Hall–Kier alpha value is -2.09. The Morgan fingerprint density at radius 2 is 1.80 bits per heavy atom. The van der Waals surface area contributed by atoms with Crippen molar-refractivity contribution in [1.82, 2.24) is 9.97 Å². The molecule has 3 rings (SSSR count). The molecule has 4 nitrogen and oxygen atoms in total. The fourth-order valence-electron chi connectivity index (χ4n) is 2.70. The molecule has 0 atom stereocenters. The van der Waals surface area contributed by atoms with Gasteiger partial charge in [-0.15, -0.1) is 0 Å². The first kappa shape index (κ1) is 17.7. The van der Waals surface area contributed by atoms with E-state index in [1.54, 1.807) is 0 Å². The predicted octanol–water partition coefficient (Wildman–Crippen LogP) is 5.39. The van der Waals surface area contributed by atoms with Gasteiger partial charge in [0.25, 0.3) is 0 Å². The molecule has 134 valence electrons. The van der Waals surface area contributed by atoms with Gasteiger partial charge < -0.3 is 10.6 Å². The summed E-state index contributed by atoms with van der Waals surface area (Å²) < 4.78 is 52.4. The summed E-state index contributed by atoms with van der Waals surface area (Å²) in [6.07, 6.45) is -0.837.